The average Bonchev–Trinajstić information content (AvgIpc) is 2.71. The first-order valence-electron chi connectivity index (χ1n) is 5.67. The molecule has 0 spiro atoms. The Balaban J connectivity index is 2.47. The van der Waals surface area contributed by atoms with Crippen LogP contribution in [0.25, 0.3) is 10.2 Å². The summed E-state index contributed by atoms with van der Waals surface area (Å²) in [6.45, 7) is 5.60. The van der Waals surface area contributed by atoms with Crippen LogP contribution in [0.3, 0.4) is 0 Å². The Morgan fingerprint density at radius 3 is 2.89 bits per heavy atom. The van der Waals surface area contributed by atoms with Gasteiger partial charge >= 0.3 is 5.97 Å². The zero-order valence-electron chi connectivity index (χ0n) is 10.4. The maximum absolute atomic E-state index is 10.9. The lowest BCUT2D eigenvalue weighted by atomic mass is 10.3. The summed E-state index contributed by atoms with van der Waals surface area (Å²) >= 11 is 2.92. The van der Waals surface area contributed by atoms with Gasteiger partial charge in [0.15, 0.2) is 0 Å². The molecule has 4 nitrogen and oxygen atoms in total. The summed E-state index contributed by atoms with van der Waals surface area (Å²) in [6.07, 6.45) is 0.957. The van der Waals surface area contributed by atoms with Crippen LogP contribution in [0.4, 0.5) is 0 Å². The summed E-state index contributed by atoms with van der Waals surface area (Å²) in [5.41, 5.74) is 0. The molecule has 0 radical (unpaired) electrons. The van der Waals surface area contributed by atoms with Crippen molar-refractivity contribution in [1.29, 1.82) is 0 Å². The Hall–Kier alpha value is -1.14. The lowest BCUT2D eigenvalue weighted by molar-refractivity contribution is -0.136. The Morgan fingerprint density at radius 2 is 2.28 bits per heavy atom. The Kier molecular flexibility index (Phi) is 3.87. The molecule has 96 valence electrons. The van der Waals surface area contributed by atoms with Gasteiger partial charge in [0.05, 0.1) is 0 Å². The number of aromatic nitrogens is 2. The monoisotopic (exact) mass is 282 g/mol. The van der Waals surface area contributed by atoms with E-state index in [2.05, 4.69) is 23.0 Å². The molecule has 0 amide bonds. The van der Waals surface area contributed by atoms with Crippen molar-refractivity contribution in [2.45, 2.75) is 37.5 Å². The van der Waals surface area contributed by atoms with Crippen LogP contribution in [-0.4, -0.2) is 26.3 Å². The molecule has 0 aromatic carbocycles. The fourth-order valence-electron chi connectivity index (χ4n) is 1.53. The number of rotatable bonds is 4. The molecular weight excluding hydrogens is 268 g/mol. The number of fused-ring (bicyclic) bond motifs is 1. The summed E-state index contributed by atoms with van der Waals surface area (Å²) < 4.78 is 0. The molecule has 6 heteroatoms. The lowest BCUT2D eigenvalue weighted by Crippen LogP contribution is -2.11. The van der Waals surface area contributed by atoms with E-state index in [-0.39, 0.29) is 0 Å². The number of carboxylic acid groups (broad SMARTS) is 1. The molecule has 1 unspecified atom stereocenters. The molecule has 0 bridgehead atoms. The molecule has 0 aliphatic rings. The zero-order valence-corrected chi connectivity index (χ0v) is 12.1. The van der Waals surface area contributed by atoms with Crippen LogP contribution in [0.1, 0.15) is 24.5 Å². The maximum atomic E-state index is 10.9. The molecule has 18 heavy (non-hydrogen) atoms. The summed E-state index contributed by atoms with van der Waals surface area (Å²) in [4.78, 5) is 21.9. The number of hydrogen-bond acceptors (Lipinski definition) is 5. The maximum Gasteiger partial charge on any atom is 0.316 e. The lowest BCUT2D eigenvalue weighted by Gasteiger charge is -2.06. The van der Waals surface area contributed by atoms with Crippen molar-refractivity contribution >= 4 is 39.3 Å². The third-order valence-electron chi connectivity index (χ3n) is 2.51. The van der Waals surface area contributed by atoms with E-state index >= 15 is 0 Å². The van der Waals surface area contributed by atoms with Crippen molar-refractivity contribution in [1.82, 2.24) is 9.97 Å². The van der Waals surface area contributed by atoms with Crippen LogP contribution >= 0.6 is 23.1 Å². The summed E-state index contributed by atoms with van der Waals surface area (Å²) in [6, 6.07) is 2.07. The fraction of sp³-hybridized carbons (Fsp3) is 0.417. The van der Waals surface area contributed by atoms with Gasteiger partial charge in [0.2, 0.25) is 0 Å². The number of carbonyl (C=O) groups is 1. The molecule has 2 heterocycles. The van der Waals surface area contributed by atoms with Crippen LogP contribution in [0.2, 0.25) is 0 Å². The van der Waals surface area contributed by atoms with Crippen molar-refractivity contribution in [3.05, 3.63) is 16.8 Å². The third kappa shape index (κ3) is 2.64. The molecule has 2 aromatic rings. The smallest absolute Gasteiger partial charge is 0.316 e. The second kappa shape index (κ2) is 5.24. The van der Waals surface area contributed by atoms with Gasteiger partial charge in [0.1, 0.15) is 20.9 Å². The van der Waals surface area contributed by atoms with Gasteiger partial charge in [-0.3, -0.25) is 4.79 Å². The van der Waals surface area contributed by atoms with E-state index in [1.165, 1.54) is 16.6 Å². The van der Waals surface area contributed by atoms with E-state index in [1.807, 2.05) is 6.92 Å². The fourth-order valence-corrected chi connectivity index (χ4v) is 3.51. The van der Waals surface area contributed by atoms with Gasteiger partial charge in [0.25, 0.3) is 0 Å². The van der Waals surface area contributed by atoms with Crippen LogP contribution in [-0.2, 0) is 11.2 Å². The van der Waals surface area contributed by atoms with Crippen molar-refractivity contribution in [3.8, 4) is 0 Å². The minimum Gasteiger partial charge on any atom is -0.480 e. The van der Waals surface area contributed by atoms with Crippen molar-refractivity contribution in [2.24, 2.45) is 0 Å². The molecule has 0 fully saturated rings. The Bertz CT molecular complexity index is 595. The molecule has 0 saturated carbocycles. The van der Waals surface area contributed by atoms with E-state index in [0.29, 0.717) is 5.82 Å². The van der Waals surface area contributed by atoms with Crippen LogP contribution in [0.15, 0.2) is 11.1 Å². The normalized spacial score (nSPS) is 12.8. The van der Waals surface area contributed by atoms with Crippen molar-refractivity contribution < 1.29 is 9.90 Å². The Morgan fingerprint density at radius 1 is 1.56 bits per heavy atom. The largest absolute Gasteiger partial charge is 0.480 e. The molecule has 1 N–H and O–H groups in total. The number of aryl methyl sites for hydroxylation is 2. The van der Waals surface area contributed by atoms with E-state index in [0.717, 1.165) is 21.7 Å². The second-order valence-corrected chi connectivity index (χ2v) is 6.40. The number of thiophene rings is 1. The predicted molar refractivity (Wildman–Crippen MR) is 74.5 cm³/mol. The van der Waals surface area contributed by atoms with Crippen molar-refractivity contribution in [2.75, 3.05) is 0 Å². The molecule has 0 saturated heterocycles. The molecule has 1 atom stereocenters. The topological polar surface area (TPSA) is 63.1 Å². The second-order valence-electron chi connectivity index (χ2n) is 3.96. The van der Waals surface area contributed by atoms with Gasteiger partial charge in [-0.25, -0.2) is 9.97 Å². The van der Waals surface area contributed by atoms with Gasteiger partial charge < -0.3 is 5.11 Å². The highest BCUT2D eigenvalue weighted by molar-refractivity contribution is 8.00. The predicted octanol–water partition coefficient (Wildman–Crippen LogP) is 3.13. The van der Waals surface area contributed by atoms with E-state index in [4.69, 9.17) is 5.11 Å². The van der Waals surface area contributed by atoms with E-state index in [1.54, 1.807) is 18.3 Å². The molecular formula is C12H14N2O2S2. The highest BCUT2D eigenvalue weighted by Gasteiger charge is 2.17. The van der Waals surface area contributed by atoms with E-state index < -0.39 is 11.2 Å². The highest BCUT2D eigenvalue weighted by Crippen LogP contribution is 2.33. The highest BCUT2D eigenvalue weighted by atomic mass is 32.2. The van der Waals surface area contributed by atoms with Gasteiger partial charge in [-0.1, -0.05) is 18.7 Å². The molecule has 0 aliphatic heterocycles. The summed E-state index contributed by atoms with van der Waals surface area (Å²) in [7, 11) is 0. The first-order chi connectivity index (χ1) is 8.51. The quantitative estimate of drug-likeness (QED) is 0.689. The summed E-state index contributed by atoms with van der Waals surface area (Å²) in [5, 5.41) is 10.2. The first-order valence-corrected chi connectivity index (χ1v) is 7.37. The van der Waals surface area contributed by atoms with Gasteiger partial charge in [-0.2, -0.15) is 0 Å². The number of thioether (sulfide) groups is 1. The Labute approximate surface area is 113 Å². The average molecular weight is 282 g/mol. The number of hydrogen-bond donors (Lipinski definition) is 1. The molecule has 2 aromatic heterocycles. The summed E-state index contributed by atoms with van der Waals surface area (Å²) in [5.74, 6) is -0.137. The van der Waals surface area contributed by atoms with Crippen LogP contribution < -0.4 is 0 Å². The molecule has 0 aliphatic carbocycles. The third-order valence-corrected chi connectivity index (χ3v) is 4.77. The van der Waals surface area contributed by atoms with Crippen LogP contribution in [0.5, 0.6) is 0 Å². The van der Waals surface area contributed by atoms with Gasteiger partial charge in [-0.15, -0.1) is 11.3 Å². The molecule has 2 rings (SSSR count). The van der Waals surface area contributed by atoms with Crippen molar-refractivity contribution in [3.63, 3.8) is 0 Å². The SMILES string of the molecule is CCc1cc2c(SC(C)C(=O)O)nc(C)nc2s1. The standard InChI is InChI=1S/C12H14N2O2S2/c1-4-8-5-9-10(17-6(2)12(15)16)13-7(3)14-11(9)18-8/h5-6H,4H2,1-3H3,(H,15,16). The van der Waals surface area contributed by atoms with E-state index in [9.17, 15) is 4.79 Å². The first kappa shape index (κ1) is 13.3. The minimum absolute atomic E-state index is 0.507. The van der Waals surface area contributed by atoms with Crippen LogP contribution in [0, 0.1) is 6.92 Å². The number of carboxylic acids is 1. The number of nitrogens with zero attached hydrogens (tertiary/aromatic N) is 2. The minimum atomic E-state index is -0.824. The van der Waals surface area contributed by atoms with Gasteiger partial charge in [-0.05, 0) is 26.3 Å². The zero-order chi connectivity index (χ0) is 13.3. The van der Waals surface area contributed by atoms with Gasteiger partial charge in [0, 0.05) is 10.3 Å². The number of aliphatic carboxylic acids is 1.